The van der Waals surface area contributed by atoms with E-state index in [4.69, 9.17) is 0 Å². The molecule has 1 aromatic rings. The fourth-order valence-corrected chi connectivity index (χ4v) is 2.60. The van der Waals surface area contributed by atoms with Crippen LogP contribution in [0.2, 0.25) is 0 Å². The molecule has 1 heterocycles. The molecule has 0 aliphatic heterocycles. The third-order valence-electron chi connectivity index (χ3n) is 3.54. The first-order chi connectivity index (χ1) is 8.56. The van der Waals surface area contributed by atoms with Crippen LogP contribution in [0.15, 0.2) is 12.1 Å². The summed E-state index contributed by atoms with van der Waals surface area (Å²) in [6, 6.07) is 3.67. The molecule has 0 saturated heterocycles. The van der Waals surface area contributed by atoms with Gasteiger partial charge in [-0.15, -0.1) is 0 Å². The Morgan fingerprint density at radius 1 is 1.44 bits per heavy atom. The number of anilines is 1. The van der Waals surface area contributed by atoms with Gasteiger partial charge >= 0.3 is 0 Å². The number of aryl methyl sites for hydroxylation is 1. The minimum atomic E-state index is -0.394. The first-order valence-electron chi connectivity index (χ1n) is 6.45. The zero-order valence-corrected chi connectivity index (χ0v) is 10.8. The van der Waals surface area contributed by atoms with Crippen molar-refractivity contribution in [1.29, 1.82) is 0 Å². The van der Waals surface area contributed by atoms with Crippen LogP contribution in [0.25, 0.3) is 0 Å². The van der Waals surface area contributed by atoms with Gasteiger partial charge in [0.25, 0.3) is 5.69 Å². The highest BCUT2D eigenvalue weighted by Crippen LogP contribution is 2.26. The molecule has 2 rings (SSSR count). The standard InChI is InChI=1S/C13H19N3O2/c1-9-4-3-5-11(8-9)15-13-7-6-12(16(17)18)10(2)14-13/h6-7,9,11H,3-5,8H2,1-2H3,(H,14,15). The van der Waals surface area contributed by atoms with Crippen LogP contribution < -0.4 is 5.32 Å². The summed E-state index contributed by atoms with van der Waals surface area (Å²) in [4.78, 5) is 14.6. The van der Waals surface area contributed by atoms with Crippen LogP contribution in [-0.4, -0.2) is 15.9 Å². The van der Waals surface area contributed by atoms with Crippen LogP contribution in [0.3, 0.4) is 0 Å². The van der Waals surface area contributed by atoms with E-state index in [2.05, 4.69) is 17.2 Å². The lowest BCUT2D eigenvalue weighted by Crippen LogP contribution is -2.26. The lowest BCUT2D eigenvalue weighted by molar-refractivity contribution is -0.385. The van der Waals surface area contributed by atoms with Crippen molar-refractivity contribution in [2.24, 2.45) is 5.92 Å². The average Bonchev–Trinajstić information content (AvgIpc) is 2.28. The Labute approximate surface area is 107 Å². The molecule has 18 heavy (non-hydrogen) atoms. The summed E-state index contributed by atoms with van der Waals surface area (Å²) in [5.74, 6) is 1.49. The maximum absolute atomic E-state index is 10.7. The first kappa shape index (κ1) is 12.8. The van der Waals surface area contributed by atoms with E-state index in [-0.39, 0.29) is 5.69 Å². The maximum Gasteiger partial charge on any atom is 0.290 e. The van der Waals surface area contributed by atoms with Crippen molar-refractivity contribution in [1.82, 2.24) is 4.98 Å². The Morgan fingerprint density at radius 2 is 2.22 bits per heavy atom. The first-order valence-corrected chi connectivity index (χ1v) is 6.45. The van der Waals surface area contributed by atoms with Gasteiger partial charge in [0.2, 0.25) is 0 Å². The SMILES string of the molecule is Cc1nc(NC2CCCC(C)C2)ccc1[N+](=O)[O-]. The number of nitrogens with one attached hydrogen (secondary N) is 1. The Bertz CT molecular complexity index is 448. The van der Waals surface area contributed by atoms with Gasteiger partial charge in [0.15, 0.2) is 0 Å². The molecule has 0 bridgehead atoms. The van der Waals surface area contributed by atoms with Crippen molar-refractivity contribution in [2.75, 3.05) is 5.32 Å². The third-order valence-corrected chi connectivity index (χ3v) is 3.54. The third kappa shape index (κ3) is 2.97. The van der Waals surface area contributed by atoms with E-state index in [9.17, 15) is 10.1 Å². The van der Waals surface area contributed by atoms with Crippen LogP contribution in [0.5, 0.6) is 0 Å². The minimum absolute atomic E-state index is 0.0811. The zero-order valence-electron chi connectivity index (χ0n) is 10.8. The Hall–Kier alpha value is -1.65. The second-order valence-electron chi connectivity index (χ2n) is 5.17. The fraction of sp³-hybridized carbons (Fsp3) is 0.615. The second kappa shape index (κ2) is 5.33. The molecule has 5 heteroatoms. The van der Waals surface area contributed by atoms with E-state index < -0.39 is 4.92 Å². The number of pyridine rings is 1. The molecule has 0 radical (unpaired) electrons. The molecule has 0 aromatic carbocycles. The second-order valence-corrected chi connectivity index (χ2v) is 5.17. The molecule has 1 fully saturated rings. The summed E-state index contributed by atoms with van der Waals surface area (Å²) in [5.41, 5.74) is 0.548. The van der Waals surface area contributed by atoms with Gasteiger partial charge in [0.1, 0.15) is 11.5 Å². The molecule has 0 spiro atoms. The average molecular weight is 249 g/mol. The summed E-state index contributed by atoms with van der Waals surface area (Å²) < 4.78 is 0. The highest BCUT2D eigenvalue weighted by Gasteiger charge is 2.19. The molecule has 2 unspecified atom stereocenters. The van der Waals surface area contributed by atoms with E-state index >= 15 is 0 Å². The molecular formula is C13H19N3O2. The Balaban J connectivity index is 2.05. The summed E-state index contributed by atoms with van der Waals surface area (Å²) in [6.07, 6.45) is 4.84. The topological polar surface area (TPSA) is 68.1 Å². The largest absolute Gasteiger partial charge is 0.367 e. The van der Waals surface area contributed by atoms with Crippen LogP contribution >= 0.6 is 0 Å². The summed E-state index contributed by atoms with van der Waals surface area (Å²) in [5, 5.41) is 14.1. The van der Waals surface area contributed by atoms with Gasteiger partial charge in [-0.3, -0.25) is 10.1 Å². The number of nitrogens with zero attached hydrogens (tertiary/aromatic N) is 2. The van der Waals surface area contributed by atoms with Gasteiger partial charge in [0.05, 0.1) is 4.92 Å². The van der Waals surface area contributed by atoms with Crippen LogP contribution in [0.1, 0.15) is 38.3 Å². The molecule has 0 amide bonds. The van der Waals surface area contributed by atoms with Crippen molar-refractivity contribution in [3.63, 3.8) is 0 Å². The smallest absolute Gasteiger partial charge is 0.290 e. The number of hydrogen-bond acceptors (Lipinski definition) is 4. The summed E-state index contributed by atoms with van der Waals surface area (Å²) in [7, 11) is 0. The Kier molecular flexibility index (Phi) is 3.79. The maximum atomic E-state index is 10.7. The predicted molar refractivity (Wildman–Crippen MR) is 70.7 cm³/mol. The highest BCUT2D eigenvalue weighted by atomic mass is 16.6. The highest BCUT2D eigenvalue weighted by molar-refractivity contribution is 5.45. The van der Waals surface area contributed by atoms with E-state index in [1.165, 1.54) is 18.9 Å². The molecule has 1 N–H and O–H groups in total. The quantitative estimate of drug-likeness (QED) is 0.659. The molecular weight excluding hydrogens is 230 g/mol. The molecule has 1 saturated carbocycles. The van der Waals surface area contributed by atoms with Gasteiger partial charge in [-0.1, -0.05) is 19.8 Å². The van der Waals surface area contributed by atoms with E-state index in [1.54, 1.807) is 13.0 Å². The predicted octanol–water partition coefficient (Wildman–Crippen LogP) is 3.29. The van der Waals surface area contributed by atoms with Crippen LogP contribution in [0, 0.1) is 23.0 Å². The summed E-state index contributed by atoms with van der Waals surface area (Å²) >= 11 is 0. The molecule has 1 aliphatic rings. The van der Waals surface area contributed by atoms with Crippen molar-refractivity contribution in [3.05, 3.63) is 27.9 Å². The van der Waals surface area contributed by atoms with E-state index in [1.807, 2.05) is 0 Å². The van der Waals surface area contributed by atoms with Crippen LogP contribution in [-0.2, 0) is 0 Å². The molecule has 2 atom stereocenters. The fourth-order valence-electron chi connectivity index (χ4n) is 2.60. The van der Waals surface area contributed by atoms with Crippen molar-refractivity contribution < 1.29 is 4.92 Å². The van der Waals surface area contributed by atoms with Crippen molar-refractivity contribution in [2.45, 2.75) is 45.6 Å². The molecule has 5 nitrogen and oxygen atoms in total. The molecule has 1 aromatic heterocycles. The minimum Gasteiger partial charge on any atom is -0.367 e. The van der Waals surface area contributed by atoms with Gasteiger partial charge in [-0.05, 0) is 31.7 Å². The van der Waals surface area contributed by atoms with Gasteiger partial charge in [-0.2, -0.15) is 0 Å². The normalized spacial score (nSPS) is 23.7. The number of aromatic nitrogens is 1. The van der Waals surface area contributed by atoms with Gasteiger partial charge in [-0.25, -0.2) is 4.98 Å². The monoisotopic (exact) mass is 249 g/mol. The summed E-state index contributed by atoms with van der Waals surface area (Å²) in [6.45, 7) is 3.94. The number of hydrogen-bond donors (Lipinski definition) is 1. The number of rotatable bonds is 3. The van der Waals surface area contributed by atoms with Crippen LogP contribution in [0.4, 0.5) is 11.5 Å². The molecule has 1 aliphatic carbocycles. The van der Waals surface area contributed by atoms with Gasteiger partial charge in [0, 0.05) is 12.1 Å². The lowest BCUT2D eigenvalue weighted by atomic mass is 9.87. The Morgan fingerprint density at radius 3 is 2.83 bits per heavy atom. The van der Waals surface area contributed by atoms with E-state index in [0.717, 1.165) is 24.6 Å². The van der Waals surface area contributed by atoms with Gasteiger partial charge < -0.3 is 5.32 Å². The van der Waals surface area contributed by atoms with E-state index in [0.29, 0.717) is 11.7 Å². The lowest BCUT2D eigenvalue weighted by Gasteiger charge is -2.27. The number of nitro groups is 1. The molecule has 98 valence electrons. The van der Waals surface area contributed by atoms with Crippen molar-refractivity contribution >= 4 is 11.5 Å². The zero-order chi connectivity index (χ0) is 13.1. The van der Waals surface area contributed by atoms with Crippen molar-refractivity contribution in [3.8, 4) is 0 Å².